The summed E-state index contributed by atoms with van der Waals surface area (Å²) in [5.74, 6) is 0. The van der Waals surface area contributed by atoms with Gasteiger partial charge in [0.25, 0.3) is 0 Å². The van der Waals surface area contributed by atoms with Gasteiger partial charge in [-0.1, -0.05) is 45.6 Å². The number of nitrogens with one attached hydrogen (secondary N) is 1. The quantitative estimate of drug-likeness (QED) is 0.505. The van der Waals surface area contributed by atoms with Crippen molar-refractivity contribution >= 4 is 11.9 Å². The highest BCUT2D eigenvalue weighted by atomic mass is 32.2. The molecule has 1 nitrogen and oxygen atoms in total. The number of hydrogen-bond acceptors (Lipinski definition) is 2. The van der Waals surface area contributed by atoms with E-state index in [1.54, 1.807) is 11.9 Å². The first-order valence-corrected chi connectivity index (χ1v) is 5.31. The lowest BCUT2D eigenvalue weighted by atomic mass is 10.3. The predicted octanol–water partition coefficient (Wildman–Crippen LogP) is 3.07. The molecule has 0 amide bonds. The van der Waals surface area contributed by atoms with E-state index in [9.17, 15) is 0 Å². The van der Waals surface area contributed by atoms with Gasteiger partial charge in [-0.25, -0.2) is 0 Å². The lowest BCUT2D eigenvalue weighted by molar-refractivity contribution is 0.777. The van der Waals surface area contributed by atoms with Crippen molar-refractivity contribution < 1.29 is 0 Å². The van der Waals surface area contributed by atoms with Crippen LogP contribution < -0.4 is 4.72 Å². The second kappa shape index (κ2) is 16.1. The third kappa shape index (κ3) is 23.9. The third-order valence-corrected chi connectivity index (χ3v) is 1.27. The van der Waals surface area contributed by atoms with Gasteiger partial charge in [0.15, 0.2) is 0 Å². The molecule has 1 N–H and O–H groups in total. The molecule has 2 heteroatoms. The standard InChI is InChI=1S/C5H13NS.C3H8/c1-3-4-5-6-7-2;1-3-2/h6H,3-5H2,1-2H3;3H2,1-2H3. The topological polar surface area (TPSA) is 12.0 Å². The van der Waals surface area contributed by atoms with Crippen LogP contribution in [0.5, 0.6) is 0 Å². The Kier molecular flexibility index (Phi) is 20.9. The average molecular weight is 163 g/mol. The molecule has 0 aliphatic carbocycles. The van der Waals surface area contributed by atoms with Crippen LogP contribution in [-0.4, -0.2) is 12.8 Å². The summed E-state index contributed by atoms with van der Waals surface area (Å²) in [5.41, 5.74) is 0. The van der Waals surface area contributed by atoms with Gasteiger partial charge in [-0.2, -0.15) is 0 Å². The lowest BCUT2D eigenvalue weighted by Gasteiger charge is -1.94. The Morgan fingerprint density at radius 1 is 1.20 bits per heavy atom. The Bertz CT molecular complexity index is 36.2. The van der Waals surface area contributed by atoms with Gasteiger partial charge in [0.1, 0.15) is 0 Å². The van der Waals surface area contributed by atoms with Gasteiger partial charge < -0.3 is 0 Å². The lowest BCUT2D eigenvalue weighted by Crippen LogP contribution is -2.02. The third-order valence-electron chi connectivity index (χ3n) is 0.777. The fourth-order valence-corrected chi connectivity index (χ4v) is 0.699. The number of rotatable bonds is 4. The predicted molar refractivity (Wildman–Crippen MR) is 52.4 cm³/mol. The van der Waals surface area contributed by atoms with Crippen LogP contribution in [0.25, 0.3) is 0 Å². The highest BCUT2D eigenvalue weighted by molar-refractivity contribution is 7.96. The Morgan fingerprint density at radius 2 is 1.70 bits per heavy atom. The van der Waals surface area contributed by atoms with E-state index >= 15 is 0 Å². The molecule has 0 spiro atoms. The minimum Gasteiger partial charge on any atom is -0.264 e. The van der Waals surface area contributed by atoms with Crippen molar-refractivity contribution in [2.75, 3.05) is 12.8 Å². The first kappa shape index (κ1) is 12.9. The molecule has 0 bridgehead atoms. The smallest absolute Gasteiger partial charge is 0.00583 e. The fraction of sp³-hybridized carbons (Fsp3) is 1.00. The first-order valence-electron chi connectivity index (χ1n) is 4.09. The van der Waals surface area contributed by atoms with Gasteiger partial charge in [0.05, 0.1) is 0 Å². The minimum absolute atomic E-state index is 1.15. The molecule has 0 aliphatic rings. The second-order valence-electron chi connectivity index (χ2n) is 2.16. The van der Waals surface area contributed by atoms with Gasteiger partial charge in [0.2, 0.25) is 0 Å². The maximum atomic E-state index is 3.17. The molecule has 0 aliphatic heterocycles. The number of unbranched alkanes of at least 4 members (excludes halogenated alkanes) is 1. The van der Waals surface area contributed by atoms with Crippen molar-refractivity contribution in [2.45, 2.75) is 40.0 Å². The van der Waals surface area contributed by atoms with Crippen molar-refractivity contribution in [3.8, 4) is 0 Å². The monoisotopic (exact) mass is 163 g/mol. The van der Waals surface area contributed by atoms with Crippen LogP contribution in [0.3, 0.4) is 0 Å². The average Bonchev–Trinajstić information content (AvgIpc) is 1.91. The van der Waals surface area contributed by atoms with E-state index < -0.39 is 0 Å². The summed E-state index contributed by atoms with van der Waals surface area (Å²) in [5, 5.41) is 0. The summed E-state index contributed by atoms with van der Waals surface area (Å²) in [6, 6.07) is 0. The van der Waals surface area contributed by atoms with Gasteiger partial charge in [-0.15, -0.1) is 0 Å². The summed E-state index contributed by atoms with van der Waals surface area (Å²) in [6.07, 6.45) is 5.88. The molecule has 0 aromatic rings. The van der Waals surface area contributed by atoms with Crippen molar-refractivity contribution in [3.63, 3.8) is 0 Å². The Morgan fingerprint density at radius 3 is 2.00 bits per heavy atom. The van der Waals surface area contributed by atoms with Gasteiger partial charge in [-0.3, -0.25) is 4.72 Å². The number of hydrogen-bond donors (Lipinski definition) is 1. The van der Waals surface area contributed by atoms with Crippen molar-refractivity contribution in [1.82, 2.24) is 4.72 Å². The first-order chi connectivity index (χ1) is 4.83. The van der Waals surface area contributed by atoms with Crippen molar-refractivity contribution in [2.24, 2.45) is 0 Å². The molecule has 0 unspecified atom stereocenters. The van der Waals surface area contributed by atoms with Crippen LogP contribution in [0.2, 0.25) is 0 Å². The molecule has 0 saturated carbocycles. The SMILES string of the molecule is CCC.CCCCNSC. The zero-order valence-corrected chi connectivity index (χ0v) is 8.55. The summed E-state index contributed by atoms with van der Waals surface area (Å²) in [7, 11) is 0. The highest BCUT2D eigenvalue weighted by Crippen LogP contribution is 1.86. The van der Waals surface area contributed by atoms with Crippen molar-refractivity contribution in [3.05, 3.63) is 0 Å². The fourth-order valence-electron chi connectivity index (χ4n) is 0.351. The van der Waals surface area contributed by atoms with E-state index in [0.717, 1.165) is 6.54 Å². The highest BCUT2D eigenvalue weighted by Gasteiger charge is 1.77. The van der Waals surface area contributed by atoms with Gasteiger partial charge in [0, 0.05) is 6.54 Å². The van der Waals surface area contributed by atoms with Crippen LogP contribution >= 0.6 is 11.9 Å². The van der Waals surface area contributed by atoms with E-state index in [0.29, 0.717) is 0 Å². The molecule has 0 rings (SSSR count). The Hall–Kier alpha value is 0.310. The normalized spacial score (nSPS) is 8.40. The maximum Gasteiger partial charge on any atom is 0.00583 e. The molecule has 64 valence electrons. The molecule has 0 atom stereocenters. The van der Waals surface area contributed by atoms with Crippen LogP contribution in [0, 0.1) is 0 Å². The minimum atomic E-state index is 1.15. The molecule has 0 aromatic heterocycles. The molecule has 0 saturated heterocycles. The van der Waals surface area contributed by atoms with E-state index in [-0.39, 0.29) is 0 Å². The van der Waals surface area contributed by atoms with Crippen molar-refractivity contribution in [1.29, 1.82) is 0 Å². The Labute approximate surface area is 70.1 Å². The summed E-state index contributed by atoms with van der Waals surface area (Å²) in [6.45, 7) is 7.60. The zero-order valence-electron chi connectivity index (χ0n) is 7.74. The van der Waals surface area contributed by atoms with E-state index in [4.69, 9.17) is 0 Å². The molecule has 0 heterocycles. The summed E-state index contributed by atoms with van der Waals surface area (Å²) >= 11 is 1.69. The van der Waals surface area contributed by atoms with Crippen LogP contribution in [-0.2, 0) is 0 Å². The zero-order chi connectivity index (χ0) is 8.24. The molecule has 0 radical (unpaired) electrons. The molecule has 10 heavy (non-hydrogen) atoms. The molecule has 0 fully saturated rings. The summed E-state index contributed by atoms with van der Waals surface area (Å²) in [4.78, 5) is 0. The molecule has 0 aromatic carbocycles. The van der Waals surface area contributed by atoms with E-state index in [1.165, 1.54) is 19.3 Å². The van der Waals surface area contributed by atoms with E-state index in [2.05, 4.69) is 31.7 Å². The van der Waals surface area contributed by atoms with Crippen LogP contribution in [0.1, 0.15) is 40.0 Å². The van der Waals surface area contributed by atoms with Gasteiger partial charge >= 0.3 is 0 Å². The molecular formula is C8H21NS. The van der Waals surface area contributed by atoms with E-state index in [1.807, 2.05) is 0 Å². The van der Waals surface area contributed by atoms with Crippen LogP contribution in [0.4, 0.5) is 0 Å². The summed E-state index contributed by atoms with van der Waals surface area (Å²) < 4.78 is 3.17. The molecular weight excluding hydrogens is 142 g/mol. The largest absolute Gasteiger partial charge is 0.264 e. The second-order valence-corrected chi connectivity index (χ2v) is 2.86. The maximum absolute atomic E-state index is 3.17. The Balaban J connectivity index is 0. The van der Waals surface area contributed by atoms with Gasteiger partial charge in [-0.05, 0) is 12.7 Å². The van der Waals surface area contributed by atoms with Crippen LogP contribution in [0.15, 0.2) is 0 Å².